The van der Waals surface area contributed by atoms with Crippen molar-refractivity contribution in [1.29, 1.82) is 0 Å². The molecule has 0 spiro atoms. The van der Waals surface area contributed by atoms with Gasteiger partial charge >= 0.3 is 6.18 Å². The lowest BCUT2D eigenvalue weighted by atomic mass is 9.74. The van der Waals surface area contributed by atoms with Crippen LogP contribution in [0, 0.1) is 11.8 Å². The van der Waals surface area contributed by atoms with Gasteiger partial charge in [0.2, 0.25) is 11.0 Å². The van der Waals surface area contributed by atoms with Gasteiger partial charge in [-0.1, -0.05) is 29.2 Å². The molecule has 110 valence electrons. The molecule has 1 amide bonds. The standard InChI is InChI=1S/C11H12F3N3OS2/c1-2-3-19-10-17-16-9(20-10)15-8(18)6-4-7(5-6)11(12,13)14/h2,6-7H,1,3-5H2,(H,15,16,18). The number of hydrogen-bond donors (Lipinski definition) is 1. The second-order valence-electron chi connectivity index (χ2n) is 4.37. The molecule has 0 atom stereocenters. The molecule has 1 fully saturated rings. The van der Waals surface area contributed by atoms with Crippen LogP contribution in [0.1, 0.15) is 12.8 Å². The topological polar surface area (TPSA) is 54.9 Å². The van der Waals surface area contributed by atoms with Gasteiger partial charge < -0.3 is 5.32 Å². The minimum atomic E-state index is -4.20. The summed E-state index contributed by atoms with van der Waals surface area (Å²) < 4.78 is 37.7. The molecule has 9 heteroatoms. The van der Waals surface area contributed by atoms with Gasteiger partial charge in [0.05, 0.1) is 5.92 Å². The van der Waals surface area contributed by atoms with Crippen molar-refractivity contribution < 1.29 is 18.0 Å². The van der Waals surface area contributed by atoms with Gasteiger partial charge in [0.15, 0.2) is 4.34 Å². The first-order valence-electron chi connectivity index (χ1n) is 5.85. The lowest BCUT2D eigenvalue weighted by Crippen LogP contribution is -2.41. The zero-order valence-electron chi connectivity index (χ0n) is 10.3. The molecule has 1 heterocycles. The summed E-state index contributed by atoms with van der Waals surface area (Å²) in [5.41, 5.74) is 0. The van der Waals surface area contributed by atoms with Crippen LogP contribution in [0.15, 0.2) is 17.0 Å². The van der Waals surface area contributed by atoms with Crippen LogP contribution in [0.25, 0.3) is 0 Å². The fourth-order valence-electron chi connectivity index (χ4n) is 1.76. The Labute approximate surface area is 121 Å². The van der Waals surface area contributed by atoms with E-state index in [0.29, 0.717) is 15.2 Å². The van der Waals surface area contributed by atoms with E-state index >= 15 is 0 Å². The Morgan fingerprint density at radius 1 is 1.50 bits per heavy atom. The normalized spacial score (nSPS) is 22.1. The molecule has 0 aromatic carbocycles. The molecule has 0 radical (unpaired) electrons. The van der Waals surface area contributed by atoms with Gasteiger partial charge in [-0.05, 0) is 12.8 Å². The molecule has 0 aliphatic heterocycles. The van der Waals surface area contributed by atoms with E-state index in [1.165, 1.54) is 23.1 Å². The molecular formula is C11H12F3N3OS2. The molecule has 1 N–H and O–H groups in total. The minimum Gasteiger partial charge on any atom is -0.300 e. The number of carbonyl (C=O) groups is 1. The summed E-state index contributed by atoms with van der Waals surface area (Å²) in [6, 6.07) is 0. The summed E-state index contributed by atoms with van der Waals surface area (Å²) in [4.78, 5) is 11.7. The molecular weight excluding hydrogens is 311 g/mol. The maximum absolute atomic E-state index is 12.3. The predicted molar refractivity (Wildman–Crippen MR) is 71.7 cm³/mol. The molecule has 1 saturated carbocycles. The summed E-state index contributed by atoms with van der Waals surface area (Å²) in [5, 5.41) is 10.5. The molecule has 0 bridgehead atoms. The van der Waals surface area contributed by atoms with Gasteiger partial charge in [0.25, 0.3) is 0 Å². The molecule has 1 aliphatic carbocycles. The number of carbonyl (C=O) groups excluding carboxylic acids is 1. The Balaban J connectivity index is 1.81. The summed E-state index contributed by atoms with van der Waals surface area (Å²) >= 11 is 2.63. The Morgan fingerprint density at radius 2 is 2.20 bits per heavy atom. The Kier molecular flexibility index (Phi) is 4.69. The third-order valence-corrected chi connectivity index (χ3v) is 4.90. The number of hydrogen-bond acceptors (Lipinski definition) is 5. The minimum absolute atomic E-state index is 0.147. The van der Waals surface area contributed by atoms with Gasteiger partial charge in [-0.25, -0.2) is 0 Å². The molecule has 0 saturated heterocycles. The van der Waals surface area contributed by atoms with Crippen LogP contribution in [-0.4, -0.2) is 28.0 Å². The number of aromatic nitrogens is 2. The number of alkyl halides is 3. The lowest BCUT2D eigenvalue weighted by Gasteiger charge is -2.35. The van der Waals surface area contributed by atoms with E-state index in [1.54, 1.807) is 6.08 Å². The highest BCUT2D eigenvalue weighted by atomic mass is 32.2. The Morgan fingerprint density at radius 3 is 2.80 bits per heavy atom. The first-order chi connectivity index (χ1) is 9.40. The fraction of sp³-hybridized carbons (Fsp3) is 0.545. The highest BCUT2D eigenvalue weighted by molar-refractivity contribution is 8.01. The van der Waals surface area contributed by atoms with Gasteiger partial charge in [-0.3, -0.25) is 4.79 Å². The SMILES string of the molecule is C=CCSc1nnc(NC(=O)C2CC(C(F)(F)F)C2)s1. The van der Waals surface area contributed by atoms with E-state index in [0.717, 1.165) is 0 Å². The molecule has 20 heavy (non-hydrogen) atoms. The fourth-order valence-corrected chi connectivity index (χ4v) is 3.27. The van der Waals surface area contributed by atoms with Crippen LogP contribution in [0.2, 0.25) is 0 Å². The largest absolute Gasteiger partial charge is 0.391 e. The first kappa shape index (κ1) is 15.3. The van der Waals surface area contributed by atoms with Gasteiger partial charge in [0.1, 0.15) is 0 Å². The molecule has 1 aliphatic rings. The van der Waals surface area contributed by atoms with E-state index in [2.05, 4.69) is 22.1 Å². The van der Waals surface area contributed by atoms with Crippen molar-refractivity contribution in [3.05, 3.63) is 12.7 Å². The molecule has 2 rings (SSSR count). The van der Waals surface area contributed by atoms with E-state index in [4.69, 9.17) is 0 Å². The van der Waals surface area contributed by atoms with Crippen LogP contribution < -0.4 is 5.32 Å². The van der Waals surface area contributed by atoms with Crippen LogP contribution in [0.3, 0.4) is 0 Å². The third kappa shape index (κ3) is 3.72. The number of nitrogens with zero attached hydrogens (tertiary/aromatic N) is 2. The van der Waals surface area contributed by atoms with Crippen LogP contribution in [-0.2, 0) is 4.79 Å². The highest BCUT2D eigenvalue weighted by Crippen LogP contribution is 2.45. The van der Waals surface area contributed by atoms with Crippen molar-refractivity contribution in [3.63, 3.8) is 0 Å². The molecule has 4 nitrogen and oxygen atoms in total. The third-order valence-electron chi connectivity index (χ3n) is 2.93. The Bertz CT molecular complexity index is 497. The average molecular weight is 323 g/mol. The number of thioether (sulfide) groups is 1. The van der Waals surface area contributed by atoms with Crippen molar-refractivity contribution in [2.24, 2.45) is 11.8 Å². The number of rotatable bonds is 5. The predicted octanol–water partition coefficient (Wildman–Crippen LogP) is 3.34. The van der Waals surface area contributed by atoms with E-state index in [-0.39, 0.29) is 12.8 Å². The van der Waals surface area contributed by atoms with E-state index < -0.39 is 23.9 Å². The summed E-state index contributed by atoms with van der Waals surface area (Å²) in [7, 11) is 0. The van der Waals surface area contributed by atoms with E-state index in [1.807, 2.05) is 0 Å². The monoisotopic (exact) mass is 323 g/mol. The smallest absolute Gasteiger partial charge is 0.300 e. The van der Waals surface area contributed by atoms with Crippen LogP contribution in [0.5, 0.6) is 0 Å². The van der Waals surface area contributed by atoms with Gasteiger partial charge in [-0.2, -0.15) is 13.2 Å². The lowest BCUT2D eigenvalue weighted by molar-refractivity contribution is -0.203. The first-order valence-corrected chi connectivity index (χ1v) is 7.65. The van der Waals surface area contributed by atoms with Crippen molar-refractivity contribution >= 4 is 34.1 Å². The number of halogens is 3. The number of anilines is 1. The second-order valence-corrected chi connectivity index (χ2v) is 6.61. The van der Waals surface area contributed by atoms with Crippen LogP contribution in [0.4, 0.5) is 18.3 Å². The number of amides is 1. The van der Waals surface area contributed by atoms with Crippen molar-refractivity contribution in [3.8, 4) is 0 Å². The highest BCUT2D eigenvalue weighted by Gasteiger charge is 2.50. The average Bonchev–Trinajstić information content (AvgIpc) is 2.69. The van der Waals surface area contributed by atoms with Gasteiger partial charge in [0, 0.05) is 11.7 Å². The summed E-state index contributed by atoms with van der Waals surface area (Å²) in [6.45, 7) is 3.57. The summed E-state index contributed by atoms with van der Waals surface area (Å²) in [5.74, 6) is -1.68. The number of nitrogens with one attached hydrogen (secondary N) is 1. The van der Waals surface area contributed by atoms with E-state index in [9.17, 15) is 18.0 Å². The second kappa shape index (κ2) is 6.13. The maximum Gasteiger partial charge on any atom is 0.391 e. The summed E-state index contributed by atoms with van der Waals surface area (Å²) in [6.07, 6.45) is -2.78. The molecule has 1 aromatic heterocycles. The quantitative estimate of drug-likeness (QED) is 0.513. The molecule has 0 unspecified atom stereocenters. The zero-order chi connectivity index (χ0) is 14.8. The van der Waals surface area contributed by atoms with Crippen LogP contribution >= 0.6 is 23.1 Å². The van der Waals surface area contributed by atoms with Crippen molar-refractivity contribution in [2.45, 2.75) is 23.4 Å². The molecule has 1 aromatic rings. The Hall–Kier alpha value is -1.09. The van der Waals surface area contributed by atoms with Crippen molar-refractivity contribution in [1.82, 2.24) is 10.2 Å². The zero-order valence-corrected chi connectivity index (χ0v) is 11.9. The van der Waals surface area contributed by atoms with Crippen molar-refractivity contribution in [2.75, 3.05) is 11.1 Å². The van der Waals surface area contributed by atoms with Gasteiger partial charge in [-0.15, -0.1) is 16.8 Å². The maximum atomic E-state index is 12.3.